The number of nitrogens with zero attached hydrogens (tertiary/aromatic N) is 3. The Labute approximate surface area is 177 Å². The van der Waals surface area contributed by atoms with Crippen LogP contribution >= 0.6 is 0 Å². The zero-order valence-corrected chi connectivity index (χ0v) is 18.6. The van der Waals surface area contributed by atoms with Crippen molar-refractivity contribution in [2.75, 3.05) is 44.7 Å². The van der Waals surface area contributed by atoms with Gasteiger partial charge in [-0.1, -0.05) is 31.2 Å². The average Bonchev–Trinajstić information content (AvgIpc) is 2.73. The molecule has 0 saturated carbocycles. The fourth-order valence-electron chi connectivity index (χ4n) is 4.28. The van der Waals surface area contributed by atoms with Gasteiger partial charge in [-0.15, -0.1) is 0 Å². The lowest BCUT2D eigenvalue weighted by Gasteiger charge is -2.33. The van der Waals surface area contributed by atoms with E-state index in [0.29, 0.717) is 6.04 Å². The first-order valence-electron chi connectivity index (χ1n) is 11.2. The highest BCUT2D eigenvalue weighted by atomic mass is 15.2. The van der Waals surface area contributed by atoms with Crippen LogP contribution in [0.3, 0.4) is 0 Å². The van der Waals surface area contributed by atoms with Crippen LogP contribution in [0.5, 0.6) is 0 Å². The zero-order chi connectivity index (χ0) is 20.6. The van der Waals surface area contributed by atoms with Gasteiger partial charge in [0.2, 0.25) is 0 Å². The van der Waals surface area contributed by atoms with Gasteiger partial charge in [-0.3, -0.25) is 9.89 Å². The van der Waals surface area contributed by atoms with Crippen LogP contribution in [0.1, 0.15) is 45.1 Å². The second-order valence-electron chi connectivity index (χ2n) is 8.91. The molecule has 2 fully saturated rings. The maximum absolute atomic E-state index is 4.42. The molecule has 2 N–H and O–H groups in total. The Kier molecular flexibility index (Phi) is 7.99. The van der Waals surface area contributed by atoms with E-state index in [1.54, 1.807) is 0 Å². The molecule has 0 radical (unpaired) electrons. The Bertz CT molecular complexity index is 665. The van der Waals surface area contributed by atoms with E-state index >= 15 is 0 Å². The largest absolute Gasteiger partial charge is 0.372 e. The summed E-state index contributed by atoms with van der Waals surface area (Å²) in [5.41, 5.74) is 3.89. The van der Waals surface area contributed by atoms with Gasteiger partial charge in [0.25, 0.3) is 0 Å². The van der Waals surface area contributed by atoms with E-state index in [2.05, 4.69) is 70.1 Å². The summed E-state index contributed by atoms with van der Waals surface area (Å²) in [7, 11) is 1.85. The molecule has 0 aliphatic carbocycles. The van der Waals surface area contributed by atoms with Gasteiger partial charge < -0.3 is 15.5 Å². The molecule has 1 aromatic carbocycles. The van der Waals surface area contributed by atoms with Crippen LogP contribution in [0.4, 0.5) is 5.69 Å². The highest BCUT2D eigenvalue weighted by Gasteiger charge is 2.20. The third-order valence-electron chi connectivity index (χ3n) is 6.19. The first-order valence-corrected chi connectivity index (χ1v) is 11.2. The van der Waals surface area contributed by atoms with E-state index in [1.807, 2.05) is 7.05 Å². The van der Waals surface area contributed by atoms with E-state index in [9.17, 15) is 0 Å². The maximum Gasteiger partial charge on any atom is 0.191 e. The predicted molar refractivity (Wildman–Crippen MR) is 125 cm³/mol. The summed E-state index contributed by atoms with van der Waals surface area (Å²) >= 11 is 0. The number of rotatable bonds is 6. The van der Waals surface area contributed by atoms with Crippen molar-refractivity contribution in [1.29, 1.82) is 0 Å². The quantitative estimate of drug-likeness (QED) is 0.437. The average molecular weight is 398 g/mol. The molecule has 1 aromatic rings. The number of hydrogen-bond acceptors (Lipinski definition) is 3. The lowest BCUT2D eigenvalue weighted by molar-refractivity contribution is 0.221. The molecule has 29 heavy (non-hydrogen) atoms. The Balaban J connectivity index is 1.42. The predicted octanol–water partition coefficient (Wildman–Crippen LogP) is 3.63. The molecular weight excluding hydrogens is 358 g/mol. The Morgan fingerprint density at radius 2 is 1.72 bits per heavy atom. The monoisotopic (exact) mass is 397 g/mol. The minimum absolute atomic E-state index is 0.492. The van der Waals surface area contributed by atoms with Crippen molar-refractivity contribution in [3.8, 4) is 0 Å². The second-order valence-corrected chi connectivity index (χ2v) is 8.91. The van der Waals surface area contributed by atoms with Gasteiger partial charge in [-0.2, -0.15) is 0 Å². The molecule has 2 saturated heterocycles. The Hall–Kier alpha value is -2.01. The number of aliphatic imine (C=N–C) groups is 1. The SMILES string of the molecule is C=C(C)CN1CCC(NC(=NC)NCc2ccc(N3CCC(C)CC3)cc2)CC1. The van der Waals surface area contributed by atoms with Crippen molar-refractivity contribution in [2.45, 2.75) is 52.1 Å². The van der Waals surface area contributed by atoms with Crippen LogP contribution in [0.2, 0.25) is 0 Å². The number of guanidine groups is 1. The zero-order valence-electron chi connectivity index (χ0n) is 18.6. The summed E-state index contributed by atoms with van der Waals surface area (Å²) in [5.74, 6) is 1.77. The Morgan fingerprint density at radius 3 is 2.31 bits per heavy atom. The highest BCUT2D eigenvalue weighted by Crippen LogP contribution is 2.23. The fraction of sp³-hybridized carbons (Fsp3) is 0.625. The number of likely N-dealkylation sites (tertiary alicyclic amines) is 1. The molecule has 3 rings (SSSR count). The molecule has 0 atom stereocenters. The maximum atomic E-state index is 4.42. The van der Waals surface area contributed by atoms with Crippen LogP contribution in [-0.2, 0) is 6.54 Å². The van der Waals surface area contributed by atoms with Crippen molar-refractivity contribution in [2.24, 2.45) is 10.9 Å². The van der Waals surface area contributed by atoms with Crippen molar-refractivity contribution >= 4 is 11.6 Å². The second kappa shape index (κ2) is 10.7. The van der Waals surface area contributed by atoms with Crippen molar-refractivity contribution in [3.63, 3.8) is 0 Å². The van der Waals surface area contributed by atoms with Crippen molar-refractivity contribution in [1.82, 2.24) is 15.5 Å². The molecule has 0 unspecified atom stereocenters. The van der Waals surface area contributed by atoms with E-state index < -0.39 is 0 Å². The molecule has 5 nitrogen and oxygen atoms in total. The van der Waals surface area contributed by atoms with Crippen LogP contribution in [0, 0.1) is 5.92 Å². The molecule has 2 aliphatic rings. The van der Waals surface area contributed by atoms with Gasteiger partial charge in [-0.05, 0) is 56.2 Å². The summed E-state index contributed by atoms with van der Waals surface area (Å²) in [6, 6.07) is 9.50. The van der Waals surface area contributed by atoms with E-state index in [-0.39, 0.29) is 0 Å². The third-order valence-corrected chi connectivity index (χ3v) is 6.19. The molecule has 5 heteroatoms. The van der Waals surface area contributed by atoms with Crippen LogP contribution < -0.4 is 15.5 Å². The van der Waals surface area contributed by atoms with E-state index in [0.717, 1.165) is 50.9 Å². The van der Waals surface area contributed by atoms with Crippen LogP contribution in [0.15, 0.2) is 41.4 Å². The van der Waals surface area contributed by atoms with Crippen LogP contribution in [-0.4, -0.2) is 56.7 Å². The smallest absolute Gasteiger partial charge is 0.191 e. The topological polar surface area (TPSA) is 42.9 Å². The van der Waals surface area contributed by atoms with Crippen molar-refractivity contribution < 1.29 is 0 Å². The van der Waals surface area contributed by atoms with Gasteiger partial charge in [0.05, 0.1) is 0 Å². The molecule has 160 valence electrons. The van der Waals surface area contributed by atoms with E-state index in [1.165, 1.54) is 42.8 Å². The van der Waals surface area contributed by atoms with Gasteiger partial charge in [0, 0.05) is 58.0 Å². The molecule has 0 amide bonds. The number of benzene rings is 1. The highest BCUT2D eigenvalue weighted by molar-refractivity contribution is 5.80. The molecular formula is C24H39N5. The summed E-state index contributed by atoms with van der Waals surface area (Å²) in [6.45, 7) is 14.9. The van der Waals surface area contributed by atoms with Gasteiger partial charge in [-0.25, -0.2) is 0 Å². The first-order chi connectivity index (χ1) is 14.0. The molecule has 0 spiro atoms. The normalized spacial score (nSPS) is 20.0. The minimum Gasteiger partial charge on any atom is -0.372 e. The summed E-state index contributed by atoms with van der Waals surface area (Å²) in [6.07, 6.45) is 4.91. The lowest BCUT2D eigenvalue weighted by atomic mass is 9.99. The molecule has 2 heterocycles. The fourth-order valence-corrected chi connectivity index (χ4v) is 4.28. The Morgan fingerprint density at radius 1 is 1.07 bits per heavy atom. The lowest BCUT2D eigenvalue weighted by Crippen LogP contribution is -2.48. The molecule has 2 aliphatic heterocycles. The first kappa shape index (κ1) is 21.7. The number of anilines is 1. The summed E-state index contributed by atoms with van der Waals surface area (Å²) in [5, 5.41) is 7.08. The third kappa shape index (κ3) is 6.77. The minimum atomic E-state index is 0.492. The van der Waals surface area contributed by atoms with Crippen molar-refractivity contribution in [3.05, 3.63) is 42.0 Å². The molecule has 0 aromatic heterocycles. The number of piperidine rings is 2. The summed E-state index contributed by atoms with van der Waals surface area (Å²) in [4.78, 5) is 9.42. The number of hydrogen-bond donors (Lipinski definition) is 2. The van der Waals surface area contributed by atoms with Gasteiger partial charge >= 0.3 is 0 Å². The van der Waals surface area contributed by atoms with Gasteiger partial charge in [0.15, 0.2) is 5.96 Å². The van der Waals surface area contributed by atoms with E-state index in [4.69, 9.17) is 0 Å². The standard InChI is InChI=1S/C24H39N5/c1-19(2)18-28-13-11-22(12-14-28)27-24(25-4)26-17-21-5-7-23(8-6-21)29-15-9-20(3)10-16-29/h5-8,20,22H,1,9-18H2,2-4H3,(H2,25,26,27). The van der Waals surface area contributed by atoms with Gasteiger partial charge in [0.1, 0.15) is 0 Å². The number of nitrogens with one attached hydrogen (secondary N) is 2. The molecule has 0 bridgehead atoms. The summed E-state index contributed by atoms with van der Waals surface area (Å²) < 4.78 is 0. The van der Waals surface area contributed by atoms with Crippen LogP contribution in [0.25, 0.3) is 0 Å².